The standard InChI is InChI=1S/C20H17BrN2O2/c1-14(8-10-16-5-4-12-25-16)22-23-20(24)13-15-9-11-19(21)18-7-3-2-6-17(15)18/h2-12,22H,1,13H2,(H,23,24). The molecule has 0 saturated heterocycles. The Balaban J connectivity index is 1.60. The predicted molar refractivity (Wildman–Crippen MR) is 104 cm³/mol. The number of carbonyl (C=O) groups excluding carboxylic acids is 1. The van der Waals surface area contributed by atoms with Gasteiger partial charge in [-0.15, -0.1) is 0 Å². The molecular weight excluding hydrogens is 380 g/mol. The summed E-state index contributed by atoms with van der Waals surface area (Å²) in [6.45, 7) is 3.83. The third-order valence-electron chi connectivity index (χ3n) is 3.67. The van der Waals surface area contributed by atoms with Crippen molar-refractivity contribution < 1.29 is 9.21 Å². The fourth-order valence-electron chi connectivity index (χ4n) is 2.46. The number of benzene rings is 2. The van der Waals surface area contributed by atoms with Crippen molar-refractivity contribution in [3.05, 3.63) is 88.9 Å². The maximum atomic E-state index is 12.2. The highest BCUT2D eigenvalue weighted by molar-refractivity contribution is 9.10. The van der Waals surface area contributed by atoms with E-state index in [1.165, 1.54) is 0 Å². The van der Waals surface area contributed by atoms with E-state index in [1.54, 1.807) is 24.5 Å². The average molecular weight is 397 g/mol. The number of hydrazine groups is 1. The number of amides is 1. The molecule has 0 unspecified atom stereocenters. The third kappa shape index (κ3) is 4.39. The molecule has 2 aromatic carbocycles. The highest BCUT2D eigenvalue weighted by Crippen LogP contribution is 2.27. The van der Waals surface area contributed by atoms with E-state index in [1.807, 2.05) is 42.5 Å². The van der Waals surface area contributed by atoms with Gasteiger partial charge in [0.25, 0.3) is 0 Å². The molecule has 0 atom stereocenters. The summed E-state index contributed by atoms with van der Waals surface area (Å²) in [4.78, 5) is 12.2. The summed E-state index contributed by atoms with van der Waals surface area (Å²) >= 11 is 3.54. The van der Waals surface area contributed by atoms with Gasteiger partial charge in [0.1, 0.15) is 5.76 Å². The molecule has 0 aliphatic rings. The second-order valence-electron chi connectivity index (χ2n) is 5.48. The molecule has 4 nitrogen and oxygen atoms in total. The zero-order valence-electron chi connectivity index (χ0n) is 13.5. The molecule has 0 fully saturated rings. The van der Waals surface area contributed by atoms with E-state index in [0.717, 1.165) is 26.6 Å². The van der Waals surface area contributed by atoms with E-state index in [0.29, 0.717) is 5.70 Å². The maximum absolute atomic E-state index is 12.2. The Morgan fingerprint density at radius 3 is 2.64 bits per heavy atom. The first-order valence-corrected chi connectivity index (χ1v) is 8.54. The normalized spacial score (nSPS) is 10.9. The zero-order valence-corrected chi connectivity index (χ0v) is 15.0. The lowest BCUT2D eigenvalue weighted by Gasteiger charge is -2.10. The molecule has 5 heteroatoms. The lowest BCUT2D eigenvalue weighted by atomic mass is 10.0. The van der Waals surface area contributed by atoms with Crippen molar-refractivity contribution >= 4 is 38.7 Å². The summed E-state index contributed by atoms with van der Waals surface area (Å²) in [7, 11) is 0. The van der Waals surface area contributed by atoms with Crippen LogP contribution in [0.15, 0.2) is 82.0 Å². The van der Waals surface area contributed by atoms with Crippen LogP contribution < -0.4 is 10.9 Å². The van der Waals surface area contributed by atoms with Crippen LogP contribution in [0.2, 0.25) is 0 Å². The van der Waals surface area contributed by atoms with Crippen molar-refractivity contribution in [2.24, 2.45) is 0 Å². The molecule has 0 aliphatic heterocycles. The first-order valence-electron chi connectivity index (χ1n) is 7.75. The molecule has 2 N–H and O–H groups in total. The summed E-state index contributed by atoms with van der Waals surface area (Å²) in [6.07, 6.45) is 5.37. The number of fused-ring (bicyclic) bond motifs is 1. The number of hydrogen-bond donors (Lipinski definition) is 2. The molecule has 1 aromatic heterocycles. The second kappa shape index (κ2) is 7.85. The second-order valence-corrected chi connectivity index (χ2v) is 6.33. The van der Waals surface area contributed by atoms with Crippen LogP contribution in [0, 0.1) is 0 Å². The topological polar surface area (TPSA) is 54.3 Å². The summed E-state index contributed by atoms with van der Waals surface area (Å²) in [5.41, 5.74) is 6.98. The smallest absolute Gasteiger partial charge is 0.242 e. The van der Waals surface area contributed by atoms with E-state index in [2.05, 4.69) is 33.4 Å². The Hall–Kier alpha value is -2.79. The Labute approximate surface area is 154 Å². The van der Waals surface area contributed by atoms with Gasteiger partial charge >= 0.3 is 0 Å². The van der Waals surface area contributed by atoms with Crippen LogP contribution in [0.5, 0.6) is 0 Å². The van der Waals surface area contributed by atoms with Crippen molar-refractivity contribution in [2.75, 3.05) is 0 Å². The number of allylic oxidation sites excluding steroid dienone is 1. The van der Waals surface area contributed by atoms with Gasteiger partial charge in [0.15, 0.2) is 0 Å². The van der Waals surface area contributed by atoms with Crippen molar-refractivity contribution in [3.8, 4) is 0 Å². The minimum absolute atomic E-state index is 0.139. The predicted octanol–water partition coefficient (Wildman–Crippen LogP) is 4.59. The minimum atomic E-state index is -0.139. The van der Waals surface area contributed by atoms with Crippen LogP contribution in [0.4, 0.5) is 0 Å². The van der Waals surface area contributed by atoms with Gasteiger partial charge in [0.2, 0.25) is 5.91 Å². The van der Waals surface area contributed by atoms with Crippen molar-refractivity contribution in [1.29, 1.82) is 0 Å². The van der Waals surface area contributed by atoms with Gasteiger partial charge in [-0.2, -0.15) is 0 Å². The number of halogens is 1. The van der Waals surface area contributed by atoms with Gasteiger partial charge in [-0.25, -0.2) is 0 Å². The summed E-state index contributed by atoms with van der Waals surface area (Å²) in [5, 5.41) is 2.15. The number of hydrogen-bond acceptors (Lipinski definition) is 3. The Morgan fingerprint density at radius 1 is 1.08 bits per heavy atom. The minimum Gasteiger partial charge on any atom is -0.465 e. The van der Waals surface area contributed by atoms with Crippen LogP contribution in [-0.2, 0) is 11.2 Å². The van der Waals surface area contributed by atoms with Crippen LogP contribution >= 0.6 is 15.9 Å². The highest BCUT2D eigenvalue weighted by Gasteiger charge is 2.08. The van der Waals surface area contributed by atoms with Crippen LogP contribution in [0.3, 0.4) is 0 Å². The lowest BCUT2D eigenvalue weighted by molar-refractivity contribution is -0.121. The highest BCUT2D eigenvalue weighted by atomic mass is 79.9. The Morgan fingerprint density at radius 2 is 1.88 bits per heavy atom. The quantitative estimate of drug-likeness (QED) is 0.473. The molecule has 1 amide bonds. The van der Waals surface area contributed by atoms with E-state index < -0.39 is 0 Å². The molecule has 0 spiro atoms. The van der Waals surface area contributed by atoms with Gasteiger partial charge < -0.3 is 4.42 Å². The number of carbonyl (C=O) groups is 1. The first-order chi connectivity index (χ1) is 12.1. The van der Waals surface area contributed by atoms with E-state index in [4.69, 9.17) is 4.42 Å². The Kier molecular flexibility index (Phi) is 5.36. The molecule has 126 valence electrons. The third-order valence-corrected chi connectivity index (χ3v) is 4.36. The first kappa shape index (κ1) is 17.0. The molecule has 25 heavy (non-hydrogen) atoms. The summed E-state index contributed by atoms with van der Waals surface area (Å²) < 4.78 is 6.21. The van der Waals surface area contributed by atoms with Crippen LogP contribution in [-0.4, -0.2) is 5.91 Å². The SMILES string of the molecule is C=C(C=Cc1ccco1)NNC(=O)Cc1ccc(Br)c2ccccc12. The monoisotopic (exact) mass is 396 g/mol. The molecular formula is C20H17BrN2O2. The maximum Gasteiger partial charge on any atom is 0.242 e. The van der Waals surface area contributed by atoms with Gasteiger partial charge in [-0.3, -0.25) is 15.6 Å². The number of nitrogens with one attached hydrogen (secondary N) is 2. The fraction of sp³-hybridized carbons (Fsp3) is 0.0500. The van der Waals surface area contributed by atoms with Crippen molar-refractivity contribution in [2.45, 2.75) is 6.42 Å². The number of rotatable bonds is 6. The summed E-state index contributed by atoms with van der Waals surface area (Å²) in [5.74, 6) is 0.579. The van der Waals surface area contributed by atoms with E-state index in [9.17, 15) is 4.79 Å². The van der Waals surface area contributed by atoms with Crippen LogP contribution in [0.1, 0.15) is 11.3 Å². The van der Waals surface area contributed by atoms with Gasteiger partial charge in [0.05, 0.1) is 12.7 Å². The van der Waals surface area contributed by atoms with Crippen LogP contribution in [0.25, 0.3) is 16.8 Å². The molecule has 3 aromatic rings. The molecule has 1 heterocycles. The number of furan rings is 1. The Bertz CT molecular complexity index is 930. The molecule has 0 aliphatic carbocycles. The van der Waals surface area contributed by atoms with Gasteiger partial charge in [-0.1, -0.05) is 52.8 Å². The van der Waals surface area contributed by atoms with Crippen molar-refractivity contribution in [3.63, 3.8) is 0 Å². The molecule has 3 rings (SSSR count). The van der Waals surface area contributed by atoms with Gasteiger partial charge in [0, 0.05) is 10.2 Å². The lowest BCUT2D eigenvalue weighted by Crippen LogP contribution is -2.37. The van der Waals surface area contributed by atoms with Crippen molar-refractivity contribution in [1.82, 2.24) is 10.9 Å². The van der Waals surface area contributed by atoms with Gasteiger partial charge in [-0.05, 0) is 46.7 Å². The fourth-order valence-corrected chi connectivity index (χ4v) is 2.93. The summed E-state index contributed by atoms with van der Waals surface area (Å²) in [6, 6.07) is 15.5. The van der Waals surface area contributed by atoms with E-state index >= 15 is 0 Å². The molecule has 0 radical (unpaired) electrons. The average Bonchev–Trinajstić information content (AvgIpc) is 3.14. The van der Waals surface area contributed by atoms with E-state index in [-0.39, 0.29) is 12.3 Å². The molecule has 0 saturated carbocycles. The largest absolute Gasteiger partial charge is 0.465 e. The molecule has 0 bridgehead atoms. The zero-order chi connectivity index (χ0) is 17.6.